The summed E-state index contributed by atoms with van der Waals surface area (Å²) in [5, 5.41) is 5.69. The number of carbonyl (C=O) groups is 1. The van der Waals surface area contributed by atoms with Crippen LogP contribution in [0.4, 0.5) is 4.39 Å². The van der Waals surface area contributed by atoms with Gasteiger partial charge in [0.2, 0.25) is 0 Å². The van der Waals surface area contributed by atoms with Crippen molar-refractivity contribution in [2.75, 3.05) is 13.1 Å². The van der Waals surface area contributed by atoms with Crippen molar-refractivity contribution in [3.63, 3.8) is 0 Å². The third-order valence-electron chi connectivity index (χ3n) is 4.75. The van der Waals surface area contributed by atoms with Crippen molar-refractivity contribution >= 4 is 17.2 Å². The summed E-state index contributed by atoms with van der Waals surface area (Å²) in [5.74, 6) is -0.381. The van der Waals surface area contributed by atoms with Gasteiger partial charge in [0.1, 0.15) is 11.5 Å². The zero-order chi connectivity index (χ0) is 17.0. The smallest absolute Gasteiger partial charge is 0.270 e. The number of carbonyl (C=O) groups excluding carboxylic acids is 1. The van der Waals surface area contributed by atoms with Gasteiger partial charge in [0.05, 0.1) is 5.01 Å². The highest BCUT2D eigenvalue weighted by Crippen LogP contribution is 2.40. The van der Waals surface area contributed by atoms with Gasteiger partial charge < -0.3 is 11.1 Å². The van der Waals surface area contributed by atoms with E-state index in [4.69, 9.17) is 5.73 Å². The number of hydrogen-bond donors (Lipinski definition) is 2. The summed E-state index contributed by atoms with van der Waals surface area (Å²) in [5.41, 5.74) is 6.98. The third kappa shape index (κ3) is 3.65. The lowest BCUT2D eigenvalue weighted by Gasteiger charge is -2.30. The molecule has 0 aliphatic heterocycles. The van der Waals surface area contributed by atoms with E-state index in [1.807, 2.05) is 12.1 Å². The fraction of sp³-hybridized carbons (Fsp3) is 0.444. The van der Waals surface area contributed by atoms with Crippen LogP contribution in [0.25, 0.3) is 0 Å². The first-order valence-corrected chi connectivity index (χ1v) is 9.20. The van der Waals surface area contributed by atoms with Gasteiger partial charge in [-0.3, -0.25) is 4.79 Å². The number of amides is 1. The number of halogens is 1. The number of aromatic nitrogens is 1. The maximum absolute atomic E-state index is 13.2. The topological polar surface area (TPSA) is 68.0 Å². The van der Waals surface area contributed by atoms with Crippen LogP contribution in [0.3, 0.4) is 0 Å². The largest absolute Gasteiger partial charge is 0.350 e. The number of rotatable bonds is 6. The van der Waals surface area contributed by atoms with Crippen molar-refractivity contribution in [1.82, 2.24) is 10.3 Å². The van der Waals surface area contributed by atoms with Gasteiger partial charge in [-0.05, 0) is 37.1 Å². The average molecular weight is 347 g/mol. The van der Waals surface area contributed by atoms with Gasteiger partial charge in [0, 0.05) is 23.8 Å². The molecule has 0 atom stereocenters. The molecular weight excluding hydrogens is 325 g/mol. The molecule has 128 valence electrons. The van der Waals surface area contributed by atoms with E-state index in [2.05, 4.69) is 10.3 Å². The van der Waals surface area contributed by atoms with Crippen LogP contribution < -0.4 is 11.1 Å². The SMILES string of the molecule is NCCc1nc(C(=O)NCC2(c3ccc(F)cc3)CCCC2)cs1. The summed E-state index contributed by atoms with van der Waals surface area (Å²) in [4.78, 5) is 16.7. The van der Waals surface area contributed by atoms with E-state index in [0.29, 0.717) is 25.2 Å². The molecule has 3 rings (SSSR count). The molecule has 1 heterocycles. The lowest BCUT2D eigenvalue weighted by atomic mass is 9.79. The zero-order valence-corrected chi connectivity index (χ0v) is 14.4. The summed E-state index contributed by atoms with van der Waals surface area (Å²) in [7, 11) is 0. The second-order valence-electron chi connectivity index (χ2n) is 6.34. The monoisotopic (exact) mass is 347 g/mol. The van der Waals surface area contributed by atoms with Crippen LogP contribution >= 0.6 is 11.3 Å². The highest BCUT2D eigenvalue weighted by atomic mass is 32.1. The summed E-state index contributed by atoms with van der Waals surface area (Å²) in [6, 6.07) is 6.68. The van der Waals surface area contributed by atoms with Gasteiger partial charge in [-0.25, -0.2) is 9.37 Å². The third-order valence-corrected chi connectivity index (χ3v) is 5.66. The minimum Gasteiger partial charge on any atom is -0.350 e. The molecule has 1 fully saturated rings. The van der Waals surface area contributed by atoms with Crippen molar-refractivity contribution in [3.8, 4) is 0 Å². The fourth-order valence-corrected chi connectivity index (χ4v) is 4.21. The van der Waals surface area contributed by atoms with E-state index in [0.717, 1.165) is 36.3 Å². The molecule has 1 aromatic heterocycles. The van der Waals surface area contributed by atoms with Crippen LogP contribution in [0.15, 0.2) is 29.6 Å². The summed E-state index contributed by atoms with van der Waals surface area (Å²) in [6.45, 7) is 1.09. The number of hydrogen-bond acceptors (Lipinski definition) is 4. The Morgan fingerprint density at radius 3 is 2.67 bits per heavy atom. The molecule has 0 unspecified atom stereocenters. The molecule has 1 aromatic carbocycles. The Bertz CT molecular complexity index is 693. The van der Waals surface area contributed by atoms with Crippen LogP contribution in [0, 0.1) is 5.82 Å². The summed E-state index contributed by atoms with van der Waals surface area (Å²) < 4.78 is 13.2. The van der Waals surface area contributed by atoms with Gasteiger partial charge in [-0.15, -0.1) is 11.3 Å². The molecular formula is C18H22FN3OS. The van der Waals surface area contributed by atoms with Crippen LogP contribution in [-0.2, 0) is 11.8 Å². The standard InChI is InChI=1S/C18H22FN3OS/c19-14-5-3-13(4-6-14)18(8-1-2-9-18)12-21-17(23)15-11-24-16(22-15)7-10-20/h3-6,11H,1-2,7-10,12,20H2,(H,21,23). The molecule has 1 amide bonds. The fourth-order valence-electron chi connectivity index (χ4n) is 3.42. The van der Waals surface area contributed by atoms with E-state index in [9.17, 15) is 9.18 Å². The second-order valence-corrected chi connectivity index (χ2v) is 7.28. The molecule has 0 radical (unpaired) electrons. The predicted molar refractivity (Wildman–Crippen MR) is 93.8 cm³/mol. The normalized spacial score (nSPS) is 16.2. The molecule has 0 saturated heterocycles. The van der Waals surface area contributed by atoms with E-state index in [1.54, 1.807) is 5.38 Å². The minimum absolute atomic E-state index is 0.0977. The first kappa shape index (κ1) is 17.0. The van der Waals surface area contributed by atoms with Gasteiger partial charge in [0.25, 0.3) is 5.91 Å². The lowest BCUT2D eigenvalue weighted by Crippen LogP contribution is -2.39. The number of thiazole rings is 1. The predicted octanol–water partition coefficient (Wildman–Crippen LogP) is 3.03. The molecule has 3 N–H and O–H groups in total. The first-order valence-electron chi connectivity index (χ1n) is 8.32. The maximum atomic E-state index is 13.2. The molecule has 6 heteroatoms. The van der Waals surface area contributed by atoms with Crippen LogP contribution in [0.5, 0.6) is 0 Å². The number of nitrogens with zero attached hydrogens (tertiary/aromatic N) is 1. The lowest BCUT2D eigenvalue weighted by molar-refractivity contribution is 0.0938. The molecule has 4 nitrogen and oxygen atoms in total. The number of nitrogens with one attached hydrogen (secondary N) is 1. The molecule has 2 aromatic rings. The quantitative estimate of drug-likeness (QED) is 0.844. The summed E-state index contributed by atoms with van der Waals surface area (Å²) >= 11 is 1.46. The molecule has 24 heavy (non-hydrogen) atoms. The van der Waals surface area contributed by atoms with Gasteiger partial charge >= 0.3 is 0 Å². The highest BCUT2D eigenvalue weighted by Gasteiger charge is 2.36. The van der Waals surface area contributed by atoms with Crippen LogP contribution in [-0.4, -0.2) is 24.0 Å². The molecule has 1 aliphatic rings. The Morgan fingerprint density at radius 2 is 2.00 bits per heavy atom. The highest BCUT2D eigenvalue weighted by molar-refractivity contribution is 7.09. The Kier molecular flexibility index (Phi) is 5.26. The van der Waals surface area contributed by atoms with E-state index < -0.39 is 0 Å². The van der Waals surface area contributed by atoms with Gasteiger partial charge in [0.15, 0.2) is 0 Å². The van der Waals surface area contributed by atoms with Crippen molar-refractivity contribution in [2.45, 2.75) is 37.5 Å². The van der Waals surface area contributed by atoms with Crippen LogP contribution in [0.2, 0.25) is 0 Å². The number of benzene rings is 1. The van der Waals surface area contributed by atoms with Crippen LogP contribution in [0.1, 0.15) is 46.7 Å². The Labute approximate surface area is 145 Å². The van der Waals surface area contributed by atoms with Gasteiger partial charge in [-0.1, -0.05) is 25.0 Å². The molecule has 1 aliphatic carbocycles. The minimum atomic E-state index is -0.231. The Morgan fingerprint density at radius 1 is 1.29 bits per heavy atom. The molecule has 0 spiro atoms. The summed E-state index contributed by atoms with van der Waals surface area (Å²) in [6.07, 6.45) is 4.97. The maximum Gasteiger partial charge on any atom is 0.270 e. The second kappa shape index (κ2) is 7.40. The Balaban J connectivity index is 1.69. The van der Waals surface area contributed by atoms with Crippen molar-refractivity contribution in [1.29, 1.82) is 0 Å². The van der Waals surface area contributed by atoms with E-state index in [-0.39, 0.29) is 17.1 Å². The Hall–Kier alpha value is -1.79. The van der Waals surface area contributed by atoms with Gasteiger partial charge in [-0.2, -0.15) is 0 Å². The van der Waals surface area contributed by atoms with Crippen molar-refractivity contribution < 1.29 is 9.18 Å². The molecule has 1 saturated carbocycles. The van der Waals surface area contributed by atoms with E-state index in [1.165, 1.54) is 23.5 Å². The van der Waals surface area contributed by atoms with Crippen molar-refractivity contribution in [3.05, 3.63) is 51.7 Å². The first-order chi connectivity index (χ1) is 11.6. The average Bonchev–Trinajstić information content (AvgIpc) is 3.24. The van der Waals surface area contributed by atoms with Crippen molar-refractivity contribution in [2.24, 2.45) is 5.73 Å². The van der Waals surface area contributed by atoms with E-state index >= 15 is 0 Å². The zero-order valence-electron chi connectivity index (χ0n) is 13.6. The molecule has 0 bridgehead atoms. The number of nitrogens with two attached hydrogens (primary N) is 1.